The van der Waals surface area contributed by atoms with Crippen molar-refractivity contribution in [1.82, 2.24) is 19.5 Å². The maximum atomic E-state index is 10.9. The van der Waals surface area contributed by atoms with E-state index < -0.39 is 30.5 Å². The van der Waals surface area contributed by atoms with Gasteiger partial charge >= 0.3 is 5.97 Å². The molecule has 1 aliphatic rings. The Morgan fingerprint density at radius 3 is 2.65 bits per heavy atom. The lowest BCUT2D eigenvalue weighted by atomic mass is 10.1. The second-order valence-electron chi connectivity index (χ2n) is 4.29. The fraction of sp³-hybridized carbons (Fsp3) is 0.400. The molecule has 106 valence electrons. The predicted molar refractivity (Wildman–Crippen MR) is 60.5 cm³/mol. The normalized spacial score (nSPS) is 29.9. The van der Waals surface area contributed by atoms with Crippen LogP contribution >= 0.6 is 0 Å². The summed E-state index contributed by atoms with van der Waals surface area (Å²) in [4.78, 5) is 22.2. The molecule has 0 radical (unpaired) electrons. The highest BCUT2D eigenvalue weighted by Crippen LogP contribution is 2.32. The first-order valence-corrected chi connectivity index (χ1v) is 5.61. The Hall–Kier alpha value is -2.30. The van der Waals surface area contributed by atoms with Crippen LogP contribution in [0.1, 0.15) is 6.23 Å². The second-order valence-corrected chi connectivity index (χ2v) is 4.29. The first kappa shape index (κ1) is 12.7. The molecule has 4 N–H and O–H groups in total. The lowest BCUT2D eigenvalue weighted by Crippen LogP contribution is -2.35. The van der Waals surface area contributed by atoms with Crippen LogP contribution in [0.15, 0.2) is 12.7 Å². The molecule has 2 unspecified atom stereocenters. The number of carbonyl (C=O) groups is 1. The Morgan fingerprint density at radius 2 is 2.00 bits per heavy atom. The fourth-order valence-corrected chi connectivity index (χ4v) is 2.12. The van der Waals surface area contributed by atoms with E-state index in [2.05, 4.69) is 15.0 Å². The number of carboxylic acids is 1. The largest absolute Gasteiger partial charge is 0.492 e. The van der Waals surface area contributed by atoms with E-state index in [1.165, 1.54) is 10.9 Å². The Bertz CT molecular complexity index is 673. The molecule has 0 amide bonds. The van der Waals surface area contributed by atoms with Crippen LogP contribution in [0, 0.1) is 0 Å². The predicted octanol–water partition coefficient (Wildman–Crippen LogP) is -1.76. The molecule has 3 heterocycles. The molecule has 0 aromatic carbocycles. The molecule has 1 saturated heterocycles. The molecule has 3 rings (SSSR count). The third-order valence-corrected chi connectivity index (χ3v) is 3.10. The molecule has 0 saturated carbocycles. The molecule has 10 heteroatoms. The number of rotatable bonds is 2. The number of hydrogen-bond acceptors (Lipinski definition) is 8. The summed E-state index contributed by atoms with van der Waals surface area (Å²) < 4.78 is 6.35. The van der Waals surface area contributed by atoms with E-state index in [0.29, 0.717) is 0 Å². The van der Waals surface area contributed by atoms with E-state index in [1.807, 2.05) is 0 Å². The standard InChI is InChI=1S/C10H10N4O6/c15-4-5(16)9(20-6(4)10(18)19)14-2-13-3-7(14)11-1-12-8(3)17/h1-2,4-6,9,15-16H,(H,18,19)(H,11,12,17)/t4?,5?,6-,9+/m0/s1. The minimum Gasteiger partial charge on any atom is -0.492 e. The fourth-order valence-electron chi connectivity index (χ4n) is 2.12. The number of ether oxygens (including phenoxy) is 1. The Kier molecular flexibility index (Phi) is 2.78. The zero-order chi connectivity index (χ0) is 14.4. The first-order valence-electron chi connectivity index (χ1n) is 5.61. The monoisotopic (exact) mass is 282 g/mol. The van der Waals surface area contributed by atoms with Gasteiger partial charge in [0.1, 0.15) is 18.5 Å². The molecule has 0 bridgehead atoms. The van der Waals surface area contributed by atoms with Crippen molar-refractivity contribution >= 4 is 17.1 Å². The average molecular weight is 282 g/mol. The number of aliphatic hydroxyl groups excluding tert-OH is 2. The van der Waals surface area contributed by atoms with Gasteiger partial charge in [-0.1, -0.05) is 0 Å². The third-order valence-electron chi connectivity index (χ3n) is 3.10. The molecule has 1 fully saturated rings. The van der Waals surface area contributed by atoms with E-state index in [9.17, 15) is 20.1 Å². The minimum atomic E-state index is -1.58. The lowest BCUT2D eigenvalue weighted by molar-refractivity contribution is -0.155. The third kappa shape index (κ3) is 1.70. The quantitative estimate of drug-likeness (QED) is 0.501. The van der Waals surface area contributed by atoms with Crippen molar-refractivity contribution in [2.75, 3.05) is 0 Å². The summed E-state index contributed by atoms with van der Waals surface area (Å²) >= 11 is 0. The van der Waals surface area contributed by atoms with Crippen LogP contribution in [0.2, 0.25) is 0 Å². The Morgan fingerprint density at radius 1 is 1.25 bits per heavy atom. The summed E-state index contributed by atoms with van der Waals surface area (Å²) in [6, 6.07) is 0. The van der Waals surface area contributed by atoms with Gasteiger partial charge < -0.3 is 25.2 Å². The number of hydrogen-bond donors (Lipinski definition) is 4. The van der Waals surface area contributed by atoms with Gasteiger partial charge in [-0.2, -0.15) is 4.98 Å². The molecule has 0 spiro atoms. The van der Waals surface area contributed by atoms with Crippen LogP contribution in [0.4, 0.5) is 0 Å². The van der Waals surface area contributed by atoms with Gasteiger partial charge in [0.05, 0.1) is 6.33 Å². The SMILES string of the molecule is O=C(O)[C@H]1O[C@@H](n2cnc3c(O)ncnc32)C(O)C1O. The van der Waals surface area contributed by atoms with Gasteiger partial charge in [0.15, 0.2) is 23.5 Å². The van der Waals surface area contributed by atoms with E-state index in [-0.39, 0.29) is 17.0 Å². The summed E-state index contributed by atoms with van der Waals surface area (Å²) in [7, 11) is 0. The number of aliphatic hydroxyl groups is 2. The van der Waals surface area contributed by atoms with E-state index in [0.717, 1.165) is 6.33 Å². The first-order chi connectivity index (χ1) is 9.50. The van der Waals surface area contributed by atoms with Gasteiger partial charge in [0.2, 0.25) is 5.88 Å². The van der Waals surface area contributed by atoms with Crippen molar-refractivity contribution in [3.63, 3.8) is 0 Å². The van der Waals surface area contributed by atoms with Gasteiger partial charge in [0, 0.05) is 0 Å². The molecular formula is C10H10N4O6. The maximum absolute atomic E-state index is 10.9. The van der Waals surface area contributed by atoms with Gasteiger partial charge in [-0.3, -0.25) is 4.57 Å². The highest BCUT2D eigenvalue weighted by molar-refractivity contribution is 5.76. The molecule has 0 aliphatic carbocycles. The van der Waals surface area contributed by atoms with E-state index >= 15 is 0 Å². The van der Waals surface area contributed by atoms with Crippen LogP contribution in [0.5, 0.6) is 5.88 Å². The lowest BCUT2D eigenvalue weighted by Gasteiger charge is -2.16. The van der Waals surface area contributed by atoms with E-state index in [1.54, 1.807) is 0 Å². The topological polar surface area (TPSA) is 151 Å². The van der Waals surface area contributed by atoms with Crippen molar-refractivity contribution < 1.29 is 30.0 Å². The van der Waals surface area contributed by atoms with Crippen molar-refractivity contribution in [3.8, 4) is 5.88 Å². The maximum Gasteiger partial charge on any atom is 0.335 e. The van der Waals surface area contributed by atoms with Gasteiger partial charge in [-0.25, -0.2) is 14.8 Å². The number of carboxylic acid groups (broad SMARTS) is 1. The van der Waals surface area contributed by atoms with Crippen LogP contribution in [-0.2, 0) is 9.53 Å². The Labute approximate surface area is 110 Å². The molecule has 10 nitrogen and oxygen atoms in total. The van der Waals surface area contributed by atoms with Crippen LogP contribution in [-0.4, -0.2) is 64.2 Å². The van der Waals surface area contributed by atoms with Gasteiger partial charge in [0.25, 0.3) is 0 Å². The molecule has 2 aromatic heterocycles. The highest BCUT2D eigenvalue weighted by atomic mass is 16.6. The summed E-state index contributed by atoms with van der Waals surface area (Å²) in [5, 5.41) is 37.9. The number of nitrogens with zero attached hydrogens (tertiary/aromatic N) is 4. The summed E-state index contributed by atoms with van der Waals surface area (Å²) in [5.74, 6) is -1.74. The Balaban J connectivity index is 2.04. The van der Waals surface area contributed by atoms with Gasteiger partial charge in [-0.05, 0) is 0 Å². The van der Waals surface area contributed by atoms with Crippen LogP contribution in [0.25, 0.3) is 11.2 Å². The molecule has 1 aliphatic heterocycles. The summed E-state index contributed by atoms with van der Waals surface area (Å²) in [6.45, 7) is 0. The molecule has 4 atom stereocenters. The number of imidazole rings is 1. The molecular weight excluding hydrogens is 272 g/mol. The highest BCUT2D eigenvalue weighted by Gasteiger charge is 2.47. The zero-order valence-corrected chi connectivity index (χ0v) is 9.86. The minimum absolute atomic E-state index is 0.0802. The molecule has 2 aromatic rings. The molecule has 20 heavy (non-hydrogen) atoms. The van der Waals surface area contributed by atoms with Crippen molar-refractivity contribution in [1.29, 1.82) is 0 Å². The average Bonchev–Trinajstić information content (AvgIpc) is 2.94. The zero-order valence-electron chi connectivity index (χ0n) is 9.86. The van der Waals surface area contributed by atoms with Crippen molar-refractivity contribution in [3.05, 3.63) is 12.7 Å². The van der Waals surface area contributed by atoms with Crippen LogP contribution in [0.3, 0.4) is 0 Å². The number of fused-ring (bicyclic) bond motifs is 1. The van der Waals surface area contributed by atoms with Crippen molar-refractivity contribution in [2.45, 2.75) is 24.5 Å². The number of aliphatic carboxylic acids is 1. The van der Waals surface area contributed by atoms with Crippen LogP contribution < -0.4 is 0 Å². The number of aromatic hydroxyl groups is 1. The summed E-state index contributed by atoms with van der Waals surface area (Å²) in [5.41, 5.74) is 0.233. The summed E-state index contributed by atoms with van der Waals surface area (Å²) in [6.07, 6.45) is -3.48. The smallest absolute Gasteiger partial charge is 0.335 e. The second kappa shape index (κ2) is 4.37. The number of aromatic nitrogens is 4. The van der Waals surface area contributed by atoms with Gasteiger partial charge in [-0.15, -0.1) is 0 Å². The van der Waals surface area contributed by atoms with E-state index in [4.69, 9.17) is 9.84 Å². The van der Waals surface area contributed by atoms with Crippen molar-refractivity contribution in [2.24, 2.45) is 0 Å².